The average molecular weight is 333 g/mol. The van der Waals surface area contributed by atoms with E-state index in [0.717, 1.165) is 17.0 Å². The maximum absolute atomic E-state index is 12.0. The minimum Gasteiger partial charge on any atom is -0.492 e. The zero-order chi connectivity index (χ0) is 16.5. The molecular weight excluding hydrogens is 312 g/mol. The summed E-state index contributed by atoms with van der Waals surface area (Å²) in [6.45, 7) is 3.43. The van der Waals surface area contributed by atoms with Gasteiger partial charge in [-0.1, -0.05) is 35.9 Å². The number of para-hydroxylation sites is 2. The maximum Gasteiger partial charge on any atom is 0.238 e. The first-order valence-corrected chi connectivity index (χ1v) is 8.03. The fourth-order valence-corrected chi connectivity index (χ4v) is 2.39. The minimum atomic E-state index is -0.0942. The first kappa shape index (κ1) is 17.3. The summed E-state index contributed by atoms with van der Waals surface area (Å²) in [7, 11) is 0. The number of benzene rings is 2. The van der Waals surface area contributed by atoms with Crippen LogP contribution in [0.1, 0.15) is 12.5 Å². The first-order chi connectivity index (χ1) is 11.2. The van der Waals surface area contributed by atoms with Crippen molar-refractivity contribution in [2.24, 2.45) is 0 Å². The summed E-state index contributed by atoms with van der Waals surface area (Å²) < 4.78 is 5.48. The highest BCUT2D eigenvalue weighted by Crippen LogP contribution is 2.23. The average Bonchev–Trinajstić information content (AvgIpc) is 2.54. The molecule has 0 aliphatic heterocycles. The normalized spacial score (nSPS) is 10.3. The number of halogens is 1. The van der Waals surface area contributed by atoms with Gasteiger partial charge in [-0.15, -0.1) is 0 Å². The molecule has 0 heterocycles. The van der Waals surface area contributed by atoms with Crippen LogP contribution in [0.15, 0.2) is 48.5 Å². The monoisotopic (exact) mass is 332 g/mol. The van der Waals surface area contributed by atoms with Gasteiger partial charge >= 0.3 is 0 Å². The standard InChI is InChI=1S/C18H21ClN2O2/c1-2-23-17-9-4-3-8-16(17)21-18(22)13-20-11-10-14-6-5-7-15(19)12-14/h3-9,12,20H,2,10-11,13H2,1H3,(H,21,22). The summed E-state index contributed by atoms with van der Waals surface area (Å²) in [4.78, 5) is 12.0. The lowest BCUT2D eigenvalue weighted by molar-refractivity contribution is -0.115. The molecule has 122 valence electrons. The van der Waals surface area contributed by atoms with Crippen molar-refractivity contribution in [3.05, 3.63) is 59.1 Å². The van der Waals surface area contributed by atoms with Crippen molar-refractivity contribution in [3.63, 3.8) is 0 Å². The zero-order valence-electron chi connectivity index (χ0n) is 13.1. The summed E-state index contributed by atoms with van der Waals surface area (Å²) in [6, 6.07) is 15.1. The Morgan fingerprint density at radius 3 is 2.78 bits per heavy atom. The highest BCUT2D eigenvalue weighted by atomic mass is 35.5. The Labute approximate surface area is 141 Å². The number of amides is 1. The molecule has 0 spiro atoms. The molecule has 0 aliphatic rings. The fraction of sp³-hybridized carbons (Fsp3) is 0.278. The smallest absolute Gasteiger partial charge is 0.238 e. The third-order valence-electron chi connectivity index (χ3n) is 3.23. The zero-order valence-corrected chi connectivity index (χ0v) is 13.9. The van der Waals surface area contributed by atoms with E-state index in [-0.39, 0.29) is 12.5 Å². The second-order valence-corrected chi connectivity index (χ2v) is 5.47. The van der Waals surface area contributed by atoms with Crippen LogP contribution in [0.3, 0.4) is 0 Å². The molecule has 2 aromatic rings. The van der Waals surface area contributed by atoms with E-state index >= 15 is 0 Å². The summed E-state index contributed by atoms with van der Waals surface area (Å²) >= 11 is 5.94. The Balaban J connectivity index is 1.75. The van der Waals surface area contributed by atoms with Gasteiger partial charge in [-0.25, -0.2) is 0 Å². The highest BCUT2D eigenvalue weighted by Gasteiger charge is 2.06. The first-order valence-electron chi connectivity index (χ1n) is 7.66. The molecular formula is C18H21ClN2O2. The molecule has 1 amide bonds. The number of anilines is 1. The molecule has 0 unspecified atom stereocenters. The van der Waals surface area contributed by atoms with Crippen LogP contribution in [0.25, 0.3) is 0 Å². The van der Waals surface area contributed by atoms with E-state index in [1.165, 1.54) is 0 Å². The van der Waals surface area contributed by atoms with Gasteiger partial charge in [0.05, 0.1) is 18.8 Å². The SMILES string of the molecule is CCOc1ccccc1NC(=O)CNCCc1cccc(Cl)c1. The molecule has 0 radical (unpaired) electrons. The quantitative estimate of drug-likeness (QED) is 0.727. The largest absolute Gasteiger partial charge is 0.492 e. The summed E-state index contributed by atoms with van der Waals surface area (Å²) in [5.41, 5.74) is 1.84. The van der Waals surface area contributed by atoms with Gasteiger partial charge in [0.25, 0.3) is 0 Å². The number of ether oxygens (including phenoxy) is 1. The maximum atomic E-state index is 12.0. The van der Waals surface area contributed by atoms with Crippen molar-refractivity contribution in [3.8, 4) is 5.75 Å². The number of rotatable bonds is 8. The van der Waals surface area contributed by atoms with Crippen LogP contribution < -0.4 is 15.4 Å². The molecule has 2 rings (SSSR count). The van der Waals surface area contributed by atoms with Crippen LogP contribution in [0.5, 0.6) is 5.75 Å². The summed E-state index contributed by atoms with van der Waals surface area (Å²) in [6.07, 6.45) is 0.823. The molecule has 0 bridgehead atoms. The molecule has 2 N–H and O–H groups in total. The lowest BCUT2D eigenvalue weighted by Gasteiger charge is -2.11. The number of carbonyl (C=O) groups is 1. The van der Waals surface area contributed by atoms with Crippen LogP contribution in [-0.2, 0) is 11.2 Å². The topological polar surface area (TPSA) is 50.4 Å². The van der Waals surface area contributed by atoms with Crippen molar-refractivity contribution in [1.29, 1.82) is 0 Å². The third-order valence-corrected chi connectivity index (χ3v) is 3.46. The molecule has 0 aromatic heterocycles. The Kier molecular flexibility index (Phi) is 6.91. The number of hydrogen-bond acceptors (Lipinski definition) is 3. The van der Waals surface area contributed by atoms with E-state index in [1.54, 1.807) is 0 Å². The summed E-state index contributed by atoms with van der Waals surface area (Å²) in [5.74, 6) is 0.588. The molecule has 2 aromatic carbocycles. The number of carbonyl (C=O) groups excluding carboxylic acids is 1. The van der Waals surface area contributed by atoms with Crippen LogP contribution in [0.4, 0.5) is 5.69 Å². The predicted molar refractivity (Wildman–Crippen MR) is 94.3 cm³/mol. The molecule has 4 nitrogen and oxygen atoms in total. The van der Waals surface area contributed by atoms with E-state index in [9.17, 15) is 4.79 Å². The molecule has 0 saturated carbocycles. The van der Waals surface area contributed by atoms with Crippen molar-refractivity contribution in [2.45, 2.75) is 13.3 Å². The van der Waals surface area contributed by atoms with Gasteiger partial charge in [0, 0.05) is 5.02 Å². The van der Waals surface area contributed by atoms with Crippen LogP contribution in [0, 0.1) is 0 Å². The van der Waals surface area contributed by atoms with Gasteiger partial charge in [0.1, 0.15) is 5.75 Å². The summed E-state index contributed by atoms with van der Waals surface area (Å²) in [5, 5.41) is 6.71. The lowest BCUT2D eigenvalue weighted by atomic mass is 10.1. The fourth-order valence-electron chi connectivity index (χ4n) is 2.17. The Morgan fingerprint density at radius 1 is 1.17 bits per heavy atom. The van der Waals surface area contributed by atoms with Gasteiger partial charge in [-0.3, -0.25) is 4.79 Å². The van der Waals surface area contributed by atoms with E-state index in [0.29, 0.717) is 24.6 Å². The molecule has 0 atom stereocenters. The van der Waals surface area contributed by atoms with Gasteiger partial charge < -0.3 is 15.4 Å². The van der Waals surface area contributed by atoms with E-state index in [2.05, 4.69) is 10.6 Å². The van der Waals surface area contributed by atoms with Crippen LogP contribution in [0.2, 0.25) is 5.02 Å². The van der Waals surface area contributed by atoms with E-state index < -0.39 is 0 Å². The second-order valence-electron chi connectivity index (χ2n) is 5.03. The van der Waals surface area contributed by atoms with E-state index in [4.69, 9.17) is 16.3 Å². The van der Waals surface area contributed by atoms with Gasteiger partial charge in [-0.05, 0) is 49.7 Å². The van der Waals surface area contributed by atoms with Crippen LogP contribution >= 0.6 is 11.6 Å². The van der Waals surface area contributed by atoms with Crippen molar-refractivity contribution in [2.75, 3.05) is 25.0 Å². The van der Waals surface area contributed by atoms with Crippen molar-refractivity contribution in [1.82, 2.24) is 5.32 Å². The molecule has 0 fully saturated rings. The number of nitrogens with one attached hydrogen (secondary N) is 2. The molecule has 5 heteroatoms. The highest BCUT2D eigenvalue weighted by molar-refractivity contribution is 6.30. The van der Waals surface area contributed by atoms with Gasteiger partial charge in [0.15, 0.2) is 0 Å². The second kappa shape index (κ2) is 9.18. The Hall–Kier alpha value is -2.04. The molecule has 0 saturated heterocycles. The predicted octanol–water partition coefficient (Wildman–Crippen LogP) is 3.51. The van der Waals surface area contributed by atoms with Gasteiger partial charge in [0.2, 0.25) is 5.91 Å². The number of hydrogen-bond donors (Lipinski definition) is 2. The van der Waals surface area contributed by atoms with E-state index in [1.807, 2.05) is 55.5 Å². The molecule has 0 aliphatic carbocycles. The van der Waals surface area contributed by atoms with Crippen LogP contribution in [-0.4, -0.2) is 25.6 Å². The van der Waals surface area contributed by atoms with Crippen molar-refractivity contribution < 1.29 is 9.53 Å². The third kappa shape index (κ3) is 5.93. The Morgan fingerprint density at radius 2 is 2.00 bits per heavy atom. The minimum absolute atomic E-state index is 0.0942. The Bertz CT molecular complexity index is 646. The van der Waals surface area contributed by atoms with Crippen molar-refractivity contribution >= 4 is 23.2 Å². The van der Waals surface area contributed by atoms with Gasteiger partial charge in [-0.2, -0.15) is 0 Å². The lowest BCUT2D eigenvalue weighted by Crippen LogP contribution is -2.29. The molecule has 23 heavy (non-hydrogen) atoms.